The standard InChI is InChI=1S/C19H35NO10Si/c1-10(22)20-14-13(30-31(6,7)18(3,4)5)8-19(17(26)27,28-11(2)23)29-16(14)15(25)12(24)9-21/h12-16,21,24-25H,8-9H2,1-7H3,(H,20,22)(H,26,27)/t12-,13+,14-,15-,16-,19+/m1/s1. The number of carboxylic acid groups (broad SMARTS) is 1. The van der Waals surface area contributed by atoms with Crippen molar-refractivity contribution in [3.05, 3.63) is 0 Å². The average molecular weight is 466 g/mol. The number of hydrogen-bond donors (Lipinski definition) is 5. The molecule has 0 saturated carbocycles. The maximum atomic E-state index is 12.1. The summed E-state index contributed by atoms with van der Waals surface area (Å²) in [6.45, 7) is 11.1. The van der Waals surface area contributed by atoms with E-state index >= 15 is 0 Å². The van der Waals surface area contributed by atoms with E-state index in [1.807, 2.05) is 33.9 Å². The Morgan fingerprint density at radius 1 is 1.23 bits per heavy atom. The predicted octanol–water partition coefficient (Wildman–Crippen LogP) is -0.271. The molecule has 31 heavy (non-hydrogen) atoms. The van der Waals surface area contributed by atoms with Gasteiger partial charge in [0.15, 0.2) is 8.32 Å². The quantitative estimate of drug-likeness (QED) is 0.237. The van der Waals surface area contributed by atoms with E-state index in [1.165, 1.54) is 6.92 Å². The van der Waals surface area contributed by atoms with Crippen LogP contribution in [0.3, 0.4) is 0 Å². The number of carbonyl (C=O) groups excluding carboxylic acids is 2. The van der Waals surface area contributed by atoms with Gasteiger partial charge in [-0.15, -0.1) is 0 Å². The Bertz CT molecular complexity index is 679. The van der Waals surface area contributed by atoms with Crippen LogP contribution in [-0.2, 0) is 28.3 Å². The third-order valence-corrected chi connectivity index (χ3v) is 10.2. The van der Waals surface area contributed by atoms with Gasteiger partial charge in [0.05, 0.1) is 25.2 Å². The first-order chi connectivity index (χ1) is 14.0. The van der Waals surface area contributed by atoms with Gasteiger partial charge in [-0.25, -0.2) is 4.79 Å². The zero-order chi connectivity index (χ0) is 24.4. The van der Waals surface area contributed by atoms with Crippen molar-refractivity contribution >= 4 is 26.2 Å². The van der Waals surface area contributed by atoms with Gasteiger partial charge in [0.1, 0.15) is 18.3 Å². The van der Waals surface area contributed by atoms with Crippen molar-refractivity contribution in [2.45, 2.75) is 95.4 Å². The van der Waals surface area contributed by atoms with Gasteiger partial charge in [0.2, 0.25) is 5.91 Å². The summed E-state index contributed by atoms with van der Waals surface area (Å²) in [4.78, 5) is 35.7. The summed E-state index contributed by atoms with van der Waals surface area (Å²) in [5.41, 5.74) is 0. The Morgan fingerprint density at radius 2 is 1.77 bits per heavy atom. The summed E-state index contributed by atoms with van der Waals surface area (Å²) in [6, 6.07) is -1.09. The van der Waals surface area contributed by atoms with E-state index in [9.17, 15) is 34.8 Å². The molecular formula is C19H35NO10Si. The molecule has 0 aliphatic carbocycles. The highest BCUT2D eigenvalue weighted by molar-refractivity contribution is 6.74. The van der Waals surface area contributed by atoms with E-state index < -0.39 is 75.4 Å². The number of ether oxygens (including phenoxy) is 2. The fraction of sp³-hybridized carbons (Fsp3) is 0.842. The second-order valence-electron chi connectivity index (χ2n) is 9.32. The molecule has 0 radical (unpaired) electrons. The van der Waals surface area contributed by atoms with Gasteiger partial charge in [-0.1, -0.05) is 20.8 Å². The Labute approximate surface area is 182 Å². The van der Waals surface area contributed by atoms with Crippen molar-refractivity contribution < 1.29 is 48.7 Å². The first kappa shape index (κ1) is 27.5. The lowest BCUT2D eigenvalue weighted by Crippen LogP contribution is -2.69. The highest BCUT2D eigenvalue weighted by Gasteiger charge is 2.59. The van der Waals surface area contributed by atoms with Gasteiger partial charge >= 0.3 is 17.7 Å². The molecule has 1 fully saturated rings. The van der Waals surface area contributed by atoms with Crippen LogP contribution in [0.1, 0.15) is 41.0 Å². The molecule has 0 spiro atoms. The monoisotopic (exact) mass is 465 g/mol. The number of aliphatic hydroxyl groups is 3. The maximum Gasteiger partial charge on any atom is 0.377 e. The molecule has 1 rings (SSSR count). The van der Waals surface area contributed by atoms with E-state index in [0.717, 1.165) is 6.92 Å². The number of amides is 1. The topological polar surface area (TPSA) is 172 Å². The molecule has 1 saturated heterocycles. The Balaban J connectivity index is 3.58. The smallest absolute Gasteiger partial charge is 0.377 e. The predicted molar refractivity (Wildman–Crippen MR) is 110 cm³/mol. The lowest BCUT2D eigenvalue weighted by molar-refractivity contribution is -0.299. The van der Waals surface area contributed by atoms with Gasteiger partial charge in [0, 0.05) is 13.8 Å². The molecule has 0 unspecified atom stereocenters. The third kappa shape index (κ3) is 6.46. The number of hydrogen-bond acceptors (Lipinski definition) is 9. The molecule has 1 heterocycles. The fourth-order valence-electron chi connectivity index (χ4n) is 3.11. The van der Waals surface area contributed by atoms with Gasteiger partial charge in [-0.05, 0) is 18.1 Å². The number of carboxylic acids is 1. The Kier molecular flexibility index (Phi) is 8.79. The van der Waals surface area contributed by atoms with Crippen molar-refractivity contribution in [1.29, 1.82) is 0 Å². The molecule has 6 atom stereocenters. The molecule has 180 valence electrons. The van der Waals surface area contributed by atoms with E-state index in [-0.39, 0.29) is 5.04 Å². The second kappa shape index (κ2) is 9.92. The molecule has 11 nitrogen and oxygen atoms in total. The van der Waals surface area contributed by atoms with Gasteiger partial charge in [-0.2, -0.15) is 0 Å². The molecule has 0 aromatic heterocycles. The highest BCUT2D eigenvalue weighted by atomic mass is 28.4. The molecule has 0 bridgehead atoms. The van der Waals surface area contributed by atoms with Crippen LogP contribution < -0.4 is 5.32 Å². The SMILES string of the molecule is CC(=O)N[C@H]1[C@H]([C@H](O)[C@H](O)CO)O[C@](OC(C)=O)(C(=O)O)C[C@@H]1O[Si](C)(C)C(C)(C)C. The summed E-state index contributed by atoms with van der Waals surface area (Å²) in [6.07, 6.45) is -6.60. The summed E-state index contributed by atoms with van der Waals surface area (Å²) >= 11 is 0. The lowest BCUT2D eigenvalue weighted by atomic mass is 9.88. The number of esters is 1. The van der Waals surface area contributed by atoms with E-state index in [4.69, 9.17) is 13.9 Å². The Hall–Kier alpha value is -1.57. The van der Waals surface area contributed by atoms with Crippen molar-refractivity contribution in [1.82, 2.24) is 5.32 Å². The van der Waals surface area contributed by atoms with Crippen LogP contribution >= 0.6 is 0 Å². The van der Waals surface area contributed by atoms with Crippen molar-refractivity contribution in [3.8, 4) is 0 Å². The Morgan fingerprint density at radius 3 is 2.16 bits per heavy atom. The van der Waals surface area contributed by atoms with E-state index in [1.54, 1.807) is 0 Å². The summed E-state index contributed by atoms with van der Waals surface area (Å²) in [5.74, 6) is -5.61. The molecule has 1 amide bonds. The third-order valence-electron chi connectivity index (χ3n) is 5.73. The first-order valence-electron chi connectivity index (χ1n) is 10.00. The zero-order valence-electron chi connectivity index (χ0n) is 19.0. The minimum atomic E-state index is -2.56. The summed E-state index contributed by atoms with van der Waals surface area (Å²) in [7, 11) is -2.56. The second-order valence-corrected chi connectivity index (χ2v) is 14.1. The minimum absolute atomic E-state index is 0.294. The van der Waals surface area contributed by atoms with Crippen molar-refractivity contribution in [2.75, 3.05) is 6.61 Å². The highest BCUT2D eigenvalue weighted by Crippen LogP contribution is 2.42. The number of carbonyl (C=O) groups is 3. The van der Waals surface area contributed by atoms with Crippen LogP contribution in [0.4, 0.5) is 0 Å². The number of aliphatic carboxylic acids is 1. The molecule has 0 aromatic carbocycles. The lowest BCUT2D eigenvalue weighted by Gasteiger charge is -2.50. The molecule has 12 heteroatoms. The van der Waals surface area contributed by atoms with Crippen LogP contribution in [0.5, 0.6) is 0 Å². The maximum absolute atomic E-state index is 12.1. The molecule has 1 aliphatic heterocycles. The average Bonchev–Trinajstić information content (AvgIpc) is 2.60. The van der Waals surface area contributed by atoms with Crippen molar-refractivity contribution in [3.63, 3.8) is 0 Å². The van der Waals surface area contributed by atoms with E-state index in [2.05, 4.69) is 5.32 Å². The van der Waals surface area contributed by atoms with Gasteiger partial charge < -0.3 is 39.6 Å². The van der Waals surface area contributed by atoms with E-state index in [0.29, 0.717) is 0 Å². The van der Waals surface area contributed by atoms with Crippen LogP contribution in [0, 0.1) is 0 Å². The largest absolute Gasteiger partial charge is 0.476 e. The number of nitrogens with one attached hydrogen (secondary N) is 1. The van der Waals surface area contributed by atoms with Crippen LogP contribution in [-0.4, -0.2) is 89.4 Å². The number of rotatable bonds is 8. The zero-order valence-corrected chi connectivity index (χ0v) is 20.0. The van der Waals surface area contributed by atoms with Crippen molar-refractivity contribution in [2.24, 2.45) is 0 Å². The molecule has 1 aliphatic rings. The van der Waals surface area contributed by atoms with Crippen LogP contribution in [0.2, 0.25) is 18.1 Å². The van der Waals surface area contributed by atoms with Crippen LogP contribution in [0.15, 0.2) is 0 Å². The minimum Gasteiger partial charge on any atom is -0.476 e. The molecular weight excluding hydrogens is 430 g/mol. The summed E-state index contributed by atoms with van der Waals surface area (Å²) in [5, 5.41) is 42.0. The van der Waals surface area contributed by atoms with Crippen LogP contribution in [0.25, 0.3) is 0 Å². The van der Waals surface area contributed by atoms with Gasteiger partial charge in [-0.3, -0.25) is 9.59 Å². The fourth-order valence-corrected chi connectivity index (χ4v) is 4.45. The number of aliphatic hydroxyl groups excluding tert-OH is 3. The molecule has 0 aromatic rings. The summed E-state index contributed by atoms with van der Waals surface area (Å²) < 4.78 is 16.9. The normalized spacial score (nSPS) is 29.0. The first-order valence-corrected chi connectivity index (χ1v) is 12.9. The molecule has 5 N–H and O–H groups in total. The van der Waals surface area contributed by atoms with Gasteiger partial charge in [0.25, 0.3) is 0 Å².